The molecule has 0 spiro atoms. The summed E-state index contributed by atoms with van der Waals surface area (Å²) >= 11 is 0. The Balaban J connectivity index is 4.38. The molecule has 0 rings (SSSR count). The van der Waals surface area contributed by atoms with E-state index in [0.717, 1.165) is 70.6 Å². The molecular weight excluding hydrogens is 630 g/mol. The summed E-state index contributed by atoms with van der Waals surface area (Å²) in [7, 11) is 5.51. The number of carbonyl (C=O) groups is 3. The first kappa shape index (κ1) is 47.8. The summed E-state index contributed by atoms with van der Waals surface area (Å²) in [6.45, 7) is 4.65. The van der Waals surface area contributed by atoms with E-state index in [1.807, 2.05) is 21.1 Å². The SMILES string of the molecule is CCC/C=C\CCCCCCCC(=O)OCC(COCCC(C(=O)O)[N+](C)(C)C)OC(=O)CCCCCCC/C=C\CCCCCCCCC. The molecule has 0 bridgehead atoms. The van der Waals surface area contributed by atoms with Crippen molar-refractivity contribution in [2.24, 2.45) is 0 Å². The molecule has 2 unspecified atom stereocenters. The number of allylic oxidation sites excluding steroid dienone is 4. The molecule has 292 valence electrons. The maximum Gasteiger partial charge on any atom is 0.362 e. The van der Waals surface area contributed by atoms with Crippen molar-refractivity contribution in [1.82, 2.24) is 0 Å². The van der Waals surface area contributed by atoms with Gasteiger partial charge in [-0.2, -0.15) is 0 Å². The van der Waals surface area contributed by atoms with Gasteiger partial charge in [-0.3, -0.25) is 9.59 Å². The first-order chi connectivity index (χ1) is 24.1. The van der Waals surface area contributed by atoms with Crippen LogP contribution in [0.1, 0.15) is 174 Å². The zero-order chi connectivity index (χ0) is 37.1. The lowest BCUT2D eigenvalue weighted by molar-refractivity contribution is -0.887. The smallest absolute Gasteiger partial charge is 0.362 e. The molecule has 0 aromatic heterocycles. The van der Waals surface area contributed by atoms with Crippen LogP contribution in [0, 0.1) is 0 Å². The van der Waals surface area contributed by atoms with Gasteiger partial charge in [0.25, 0.3) is 0 Å². The van der Waals surface area contributed by atoms with Gasteiger partial charge in [-0.15, -0.1) is 0 Å². The third-order valence-corrected chi connectivity index (χ3v) is 9.05. The van der Waals surface area contributed by atoms with E-state index in [2.05, 4.69) is 38.2 Å². The van der Waals surface area contributed by atoms with E-state index < -0.39 is 18.1 Å². The Kier molecular flexibility index (Phi) is 32.4. The van der Waals surface area contributed by atoms with Crippen molar-refractivity contribution in [3.05, 3.63) is 24.3 Å². The largest absolute Gasteiger partial charge is 0.477 e. The maximum absolute atomic E-state index is 12.7. The summed E-state index contributed by atoms with van der Waals surface area (Å²) in [6, 6.07) is -0.614. The number of hydrogen-bond donors (Lipinski definition) is 1. The minimum atomic E-state index is -0.878. The van der Waals surface area contributed by atoms with Crippen LogP contribution in [0.15, 0.2) is 24.3 Å². The van der Waals surface area contributed by atoms with Gasteiger partial charge in [-0.05, 0) is 57.8 Å². The maximum atomic E-state index is 12.7. The van der Waals surface area contributed by atoms with Crippen molar-refractivity contribution in [3.63, 3.8) is 0 Å². The fourth-order valence-corrected chi connectivity index (χ4v) is 5.85. The van der Waals surface area contributed by atoms with Crippen LogP contribution < -0.4 is 0 Å². The Morgan fingerprint density at radius 3 is 1.52 bits per heavy atom. The average molecular weight is 709 g/mol. The van der Waals surface area contributed by atoms with Gasteiger partial charge >= 0.3 is 17.9 Å². The molecule has 2 atom stereocenters. The Morgan fingerprint density at radius 1 is 0.580 bits per heavy atom. The van der Waals surface area contributed by atoms with Crippen molar-refractivity contribution in [2.45, 2.75) is 187 Å². The van der Waals surface area contributed by atoms with E-state index in [1.54, 1.807) is 0 Å². The van der Waals surface area contributed by atoms with E-state index >= 15 is 0 Å². The lowest BCUT2D eigenvalue weighted by Gasteiger charge is -2.31. The summed E-state index contributed by atoms with van der Waals surface area (Å²) in [5.74, 6) is -1.49. The molecule has 0 saturated carbocycles. The van der Waals surface area contributed by atoms with Crippen LogP contribution in [-0.2, 0) is 28.6 Å². The number of esters is 2. The molecule has 0 aromatic carbocycles. The number of carboxylic acids is 1. The molecule has 50 heavy (non-hydrogen) atoms. The number of carboxylic acid groups (broad SMARTS) is 1. The van der Waals surface area contributed by atoms with Gasteiger partial charge in [-0.25, -0.2) is 4.79 Å². The second kappa shape index (κ2) is 33.9. The first-order valence-corrected chi connectivity index (χ1v) is 20.4. The molecule has 0 heterocycles. The predicted molar refractivity (Wildman–Crippen MR) is 206 cm³/mol. The van der Waals surface area contributed by atoms with E-state index in [4.69, 9.17) is 14.2 Å². The quantitative estimate of drug-likeness (QED) is 0.0299. The highest BCUT2D eigenvalue weighted by molar-refractivity contribution is 5.72. The minimum Gasteiger partial charge on any atom is -0.477 e. The van der Waals surface area contributed by atoms with Gasteiger partial charge in [0.1, 0.15) is 6.61 Å². The van der Waals surface area contributed by atoms with Gasteiger partial charge in [-0.1, -0.05) is 122 Å². The molecular formula is C42H78NO7+. The number of carbonyl (C=O) groups excluding carboxylic acids is 2. The number of ether oxygens (including phenoxy) is 3. The monoisotopic (exact) mass is 709 g/mol. The standard InChI is InChI=1S/C42H77NO7/c1-6-8-10-12-14-16-18-19-20-21-22-23-25-27-29-31-33-41(45)50-38(36-48-35-34-39(42(46)47)43(3,4)5)37-49-40(44)32-30-28-26-24-17-15-13-11-9-7-2/h11,13,20-21,38-39H,6-10,12,14-19,22-37H2,1-5H3/p+1/b13-11-,21-20-. The highest BCUT2D eigenvalue weighted by Gasteiger charge is 2.31. The highest BCUT2D eigenvalue weighted by atomic mass is 16.6. The van der Waals surface area contributed by atoms with Crippen molar-refractivity contribution in [3.8, 4) is 0 Å². The third kappa shape index (κ3) is 31.8. The summed E-state index contributed by atoms with van der Waals surface area (Å²) in [5, 5.41) is 9.59. The van der Waals surface area contributed by atoms with Gasteiger partial charge in [0, 0.05) is 19.3 Å². The number of aliphatic carboxylic acids is 1. The highest BCUT2D eigenvalue weighted by Crippen LogP contribution is 2.13. The van der Waals surface area contributed by atoms with Crippen molar-refractivity contribution >= 4 is 17.9 Å². The van der Waals surface area contributed by atoms with Crippen LogP contribution in [0.4, 0.5) is 0 Å². The van der Waals surface area contributed by atoms with E-state index in [-0.39, 0.29) is 36.2 Å². The summed E-state index contributed by atoms with van der Waals surface area (Å²) in [5.41, 5.74) is 0. The van der Waals surface area contributed by atoms with Gasteiger partial charge in [0.2, 0.25) is 0 Å². The second-order valence-electron chi connectivity index (χ2n) is 14.9. The predicted octanol–water partition coefficient (Wildman–Crippen LogP) is 10.5. The number of hydrogen-bond acceptors (Lipinski definition) is 6. The molecule has 0 fully saturated rings. The Bertz CT molecular complexity index is 880. The Labute approximate surface area is 307 Å². The Hall–Kier alpha value is -2.19. The van der Waals surface area contributed by atoms with E-state index in [9.17, 15) is 19.5 Å². The fourth-order valence-electron chi connectivity index (χ4n) is 5.85. The van der Waals surface area contributed by atoms with Crippen molar-refractivity contribution in [1.29, 1.82) is 0 Å². The normalized spacial score (nSPS) is 13.2. The van der Waals surface area contributed by atoms with E-state index in [1.165, 1.54) is 70.6 Å². The van der Waals surface area contributed by atoms with Crippen LogP contribution in [0.5, 0.6) is 0 Å². The van der Waals surface area contributed by atoms with Gasteiger partial charge < -0.3 is 23.8 Å². The number of likely N-dealkylation sites (N-methyl/N-ethyl adjacent to an activating group) is 1. The molecule has 8 heteroatoms. The second-order valence-corrected chi connectivity index (χ2v) is 14.9. The minimum absolute atomic E-state index is 0.0567. The van der Waals surface area contributed by atoms with Crippen LogP contribution >= 0.6 is 0 Å². The molecule has 0 amide bonds. The van der Waals surface area contributed by atoms with Crippen LogP contribution in [-0.4, -0.2) is 80.6 Å². The van der Waals surface area contributed by atoms with Gasteiger partial charge in [0.05, 0.1) is 34.4 Å². The first-order valence-electron chi connectivity index (χ1n) is 20.4. The summed E-state index contributed by atoms with van der Waals surface area (Å²) < 4.78 is 17.2. The summed E-state index contributed by atoms with van der Waals surface area (Å²) in [4.78, 5) is 36.8. The summed E-state index contributed by atoms with van der Waals surface area (Å²) in [6.07, 6.45) is 35.0. The van der Waals surface area contributed by atoms with Crippen molar-refractivity contribution < 1.29 is 38.2 Å². The lowest BCUT2D eigenvalue weighted by atomic mass is 10.1. The molecule has 0 aliphatic rings. The number of rotatable bonds is 36. The molecule has 0 aromatic rings. The van der Waals surface area contributed by atoms with Crippen LogP contribution in [0.25, 0.3) is 0 Å². The molecule has 8 nitrogen and oxygen atoms in total. The van der Waals surface area contributed by atoms with Crippen molar-refractivity contribution in [2.75, 3.05) is 41.0 Å². The number of unbranched alkanes of at least 4 members (excludes halogenated alkanes) is 18. The van der Waals surface area contributed by atoms with Gasteiger partial charge in [0.15, 0.2) is 12.1 Å². The zero-order valence-corrected chi connectivity index (χ0v) is 33.1. The lowest BCUT2D eigenvalue weighted by Crippen LogP contribution is -2.50. The number of quaternary nitrogens is 1. The molecule has 0 aliphatic heterocycles. The van der Waals surface area contributed by atoms with Crippen LogP contribution in [0.2, 0.25) is 0 Å². The molecule has 0 radical (unpaired) electrons. The third-order valence-electron chi connectivity index (χ3n) is 9.05. The number of nitrogens with zero attached hydrogens (tertiary/aromatic N) is 1. The van der Waals surface area contributed by atoms with E-state index in [0.29, 0.717) is 19.3 Å². The topological polar surface area (TPSA) is 99.1 Å². The Morgan fingerprint density at radius 2 is 1.04 bits per heavy atom. The fraction of sp³-hybridized carbons (Fsp3) is 0.833. The van der Waals surface area contributed by atoms with Crippen LogP contribution in [0.3, 0.4) is 0 Å². The molecule has 0 saturated heterocycles. The molecule has 1 N–H and O–H groups in total. The molecule has 0 aliphatic carbocycles. The average Bonchev–Trinajstić information content (AvgIpc) is 3.06. The zero-order valence-electron chi connectivity index (χ0n) is 33.1.